The van der Waals surface area contributed by atoms with Crippen molar-refractivity contribution in [2.45, 2.75) is 12.8 Å². The second-order valence-corrected chi connectivity index (χ2v) is 7.05. The molecule has 0 radical (unpaired) electrons. The number of carboxylic acids is 1. The molecule has 116 valence electrons. The van der Waals surface area contributed by atoms with Crippen LogP contribution in [0.2, 0.25) is 0 Å². The van der Waals surface area contributed by atoms with Gasteiger partial charge in [0.05, 0.1) is 10.2 Å². The predicted molar refractivity (Wildman–Crippen MR) is 98.5 cm³/mol. The molecule has 2 aromatic carbocycles. The Morgan fingerprint density at radius 1 is 1.17 bits per heavy atom. The number of hydrogen-bond donors (Lipinski definition) is 1. The lowest BCUT2D eigenvalue weighted by molar-refractivity contribution is -0.136. The van der Waals surface area contributed by atoms with E-state index in [1.165, 1.54) is 0 Å². The molecule has 23 heavy (non-hydrogen) atoms. The van der Waals surface area contributed by atoms with Crippen molar-refractivity contribution >= 4 is 55.1 Å². The molecule has 3 rings (SSSR count). The third-order valence-corrected chi connectivity index (χ3v) is 4.97. The van der Waals surface area contributed by atoms with Crippen LogP contribution in [0.5, 0.6) is 0 Å². The third-order valence-electron chi connectivity index (χ3n) is 3.37. The fourth-order valence-corrected chi connectivity index (χ4v) is 3.72. The Balaban J connectivity index is 2.02. The van der Waals surface area contributed by atoms with Crippen molar-refractivity contribution < 1.29 is 9.90 Å². The molecule has 0 aliphatic rings. The summed E-state index contributed by atoms with van der Waals surface area (Å²) in [4.78, 5) is 15.6. The first-order chi connectivity index (χ1) is 11.1. The molecule has 0 unspecified atom stereocenters. The topological polar surface area (TPSA) is 50.2 Å². The molecule has 0 saturated heterocycles. The minimum atomic E-state index is -0.800. The van der Waals surface area contributed by atoms with Crippen LogP contribution in [0.25, 0.3) is 21.9 Å². The molecule has 5 heteroatoms. The van der Waals surface area contributed by atoms with Crippen molar-refractivity contribution in [3.63, 3.8) is 0 Å². The van der Waals surface area contributed by atoms with Crippen LogP contribution < -0.4 is 0 Å². The van der Waals surface area contributed by atoms with E-state index in [0.717, 1.165) is 30.8 Å². The summed E-state index contributed by atoms with van der Waals surface area (Å²) in [6.45, 7) is 0. The Hall–Kier alpha value is -1.98. The van der Waals surface area contributed by atoms with E-state index < -0.39 is 5.97 Å². The zero-order valence-electron chi connectivity index (χ0n) is 12.2. The van der Waals surface area contributed by atoms with Gasteiger partial charge < -0.3 is 5.11 Å². The number of aromatic nitrogens is 1. The van der Waals surface area contributed by atoms with Crippen LogP contribution in [0.1, 0.15) is 23.4 Å². The van der Waals surface area contributed by atoms with Crippen LogP contribution in [0, 0.1) is 0 Å². The maximum Gasteiger partial charge on any atom is 0.303 e. The summed E-state index contributed by atoms with van der Waals surface area (Å²) in [7, 11) is 0. The van der Waals surface area contributed by atoms with Gasteiger partial charge in [0.1, 0.15) is 5.01 Å². The number of nitrogens with zero attached hydrogens (tertiary/aromatic N) is 1. The quantitative estimate of drug-likeness (QED) is 0.631. The fraction of sp³-hybridized carbons (Fsp3) is 0.111. The van der Waals surface area contributed by atoms with Gasteiger partial charge in [-0.15, -0.1) is 11.3 Å². The van der Waals surface area contributed by atoms with Gasteiger partial charge in [0, 0.05) is 10.9 Å². The smallest absolute Gasteiger partial charge is 0.303 e. The summed E-state index contributed by atoms with van der Waals surface area (Å²) in [5.74, 6) is -0.800. The summed E-state index contributed by atoms with van der Waals surface area (Å²) in [6, 6.07) is 15.9. The SMILES string of the molecule is O=C(O)CCC(=Cc1cccc(Br)c1)c1nc2ccccc2s1. The average Bonchev–Trinajstić information content (AvgIpc) is 2.95. The molecule has 0 aliphatic carbocycles. The van der Waals surface area contributed by atoms with E-state index in [-0.39, 0.29) is 6.42 Å². The zero-order valence-corrected chi connectivity index (χ0v) is 14.6. The van der Waals surface area contributed by atoms with E-state index in [1.807, 2.05) is 54.6 Å². The normalized spacial score (nSPS) is 11.8. The van der Waals surface area contributed by atoms with Gasteiger partial charge in [-0.05, 0) is 47.9 Å². The zero-order chi connectivity index (χ0) is 16.2. The van der Waals surface area contributed by atoms with Gasteiger partial charge in [0.25, 0.3) is 0 Å². The Morgan fingerprint density at radius 3 is 2.74 bits per heavy atom. The molecule has 3 nitrogen and oxygen atoms in total. The number of para-hydroxylation sites is 1. The first-order valence-corrected chi connectivity index (χ1v) is 8.76. The van der Waals surface area contributed by atoms with Gasteiger partial charge in [-0.3, -0.25) is 4.79 Å². The van der Waals surface area contributed by atoms with Gasteiger partial charge in [-0.1, -0.05) is 40.2 Å². The first kappa shape index (κ1) is 15.9. The van der Waals surface area contributed by atoms with E-state index in [9.17, 15) is 4.79 Å². The number of thiazole rings is 1. The number of allylic oxidation sites excluding steroid dienone is 1. The van der Waals surface area contributed by atoms with Crippen molar-refractivity contribution in [1.29, 1.82) is 0 Å². The number of hydrogen-bond acceptors (Lipinski definition) is 3. The van der Waals surface area contributed by atoms with Crippen molar-refractivity contribution in [2.75, 3.05) is 0 Å². The lowest BCUT2D eigenvalue weighted by Gasteiger charge is -2.03. The predicted octanol–water partition coefficient (Wildman–Crippen LogP) is 5.46. The molecule has 0 spiro atoms. The highest BCUT2D eigenvalue weighted by molar-refractivity contribution is 9.10. The Labute approximate surface area is 146 Å². The lowest BCUT2D eigenvalue weighted by Crippen LogP contribution is -1.95. The summed E-state index contributed by atoms with van der Waals surface area (Å²) in [6.07, 6.45) is 2.57. The number of benzene rings is 2. The van der Waals surface area contributed by atoms with E-state index in [2.05, 4.69) is 20.9 Å². The number of fused-ring (bicyclic) bond motifs is 1. The number of carboxylic acid groups (broad SMARTS) is 1. The monoisotopic (exact) mass is 387 g/mol. The number of rotatable bonds is 5. The molecule has 0 aliphatic heterocycles. The molecule has 0 saturated carbocycles. The van der Waals surface area contributed by atoms with Crippen LogP contribution in [-0.4, -0.2) is 16.1 Å². The Morgan fingerprint density at radius 2 is 2.00 bits per heavy atom. The molecule has 1 aromatic heterocycles. The van der Waals surface area contributed by atoms with E-state index >= 15 is 0 Å². The summed E-state index contributed by atoms with van der Waals surface area (Å²) in [5.41, 5.74) is 2.92. The van der Waals surface area contributed by atoms with Gasteiger partial charge in [-0.25, -0.2) is 4.98 Å². The Kier molecular flexibility index (Phi) is 4.88. The Bertz CT molecular complexity index is 852. The standard InChI is InChI=1S/C18H14BrNO2S/c19-14-5-3-4-12(11-14)10-13(8-9-17(21)22)18-20-15-6-1-2-7-16(15)23-18/h1-7,10-11H,8-9H2,(H,21,22). The van der Waals surface area contributed by atoms with Crippen molar-refractivity contribution in [3.8, 4) is 0 Å². The van der Waals surface area contributed by atoms with E-state index in [1.54, 1.807) is 11.3 Å². The van der Waals surface area contributed by atoms with E-state index in [0.29, 0.717) is 6.42 Å². The second kappa shape index (κ2) is 7.06. The number of aliphatic carboxylic acids is 1. The second-order valence-electron chi connectivity index (χ2n) is 5.11. The van der Waals surface area contributed by atoms with Gasteiger partial charge >= 0.3 is 5.97 Å². The molecule has 1 heterocycles. The van der Waals surface area contributed by atoms with Crippen LogP contribution in [-0.2, 0) is 4.79 Å². The molecule has 3 aromatic rings. The van der Waals surface area contributed by atoms with Crippen LogP contribution in [0.15, 0.2) is 53.0 Å². The highest BCUT2D eigenvalue weighted by atomic mass is 79.9. The molecule has 0 fully saturated rings. The van der Waals surface area contributed by atoms with Crippen LogP contribution in [0.3, 0.4) is 0 Å². The largest absolute Gasteiger partial charge is 0.481 e. The summed E-state index contributed by atoms with van der Waals surface area (Å²) >= 11 is 5.06. The van der Waals surface area contributed by atoms with Crippen LogP contribution >= 0.6 is 27.3 Å². The van der Waals surface area contributed by atoms with E-state index in [4.69, 9.17) is 5.11 Å². The maximum absolute atomic E-state index is 11.0. The molecular weight excluding hydrogens is 374 g/mol. The number of carbonyl (C=O) groups is 1. The number of halogens is 1. The van der Waals surface area contributed by atoms with Crippen LogP contribution in [0.4, 0.5) is 0 Å². The van der Waals surface area contributed by atoms with Crippen molar-refractivity contribution in [2.24, 2.45) is 0 Å². The van der Waals surface area contributed by atoms with Crippen molar-refractivity contribution in [3.05, 3.63) is 63.6 Å². The molecule has 0 atom stereocenters. The molecule has 0 bridgehead atoms. The average molecular weight is 388 g/mol. The maximum atomic E-state index is 11.0. The fourth-order valence-electron chi connectivity index (χ4n) is 2.29. The lowest BCUT2D eigenvalue weighted by atomic mass is 10.1. The molecular formula is C18H14BrNO2S. The molecule has 0 amide bonds. The van der Waals surface area contributed by atoms with Crippen molar-refractivity contribution in [1.82, 2.24) is 4.98 Å². The summed E-state index contributed by atoms with van der Waals surface area (Å²) in [5, 5.41) is 9.89. The summed E-state index contributed by atoms with van der Waals surface area (Å²) < 4.78 is 2.10. The van der Waals surface area contributed by atoms with Gasteiger partial charge in [-0.2, -0.15) is 0 Å². The first-order valence-electron chi connectivity index (χ1n) is 7.16. The van der Waals surface area contributed by atoms with Gasteiger partial charge in [0.2, 0.25) is 0 Å². The minimum Gasteiger partial charge on any atom is -0.481 e. The highest BCUT2D eigenvalue weighted by Crippen LogP contribution is 2.31. The minimum absolute atomic E-state index is 0.0930. The van der Waals surface area contributed by atoms with Gasteiger partial charge in [0.15, 0.2) is 0 Å². The highest BCUT2D eigenvalue weighted by Gasteiger charge is 2.11. The molecule has 1 N–H and O–H groups in total. The third kappa shape index (κ3) is 4.06.